The van der Waals surface area contributed by atoms with Crippen molar-refractivity contribution >= 4 is 0 Å². The van der Waals surface area contributed by atoms with Crippen LogP contribution in [-0.2, 0) is 18.4 Å². The van der Waals surface area contributed by atoms with E-state index in [9.17, 15) is 13.2 Å². The first-order chi connectivity index (χ1) is 16.1. The lowest BCUT2D eigenvalue weighted by Crippen LogP contribution is -2.50. The van der Waals surface area contributed by atoms with Gasteiger partial charge in [-0.05, 0) is 56.0 Å². The van der Waals surface area contributed by atoms with E-state index in [1.54, 1.807) is 18.2 Å². The predicted molar refractivity (Wildman–Crippen MR) is 132 cm³/mol. The second kappa shape index (κ2) is 11.2. The van der Waals surface area contributed by atoms with Crippen molar-refractivity contribution in [1.29, 1.82) is 0 Å². The molecule has 2 atom stereocenters. The van der Waals surface area contributed by atoms with E-state index in [0.717, 1.165) is 29.3 Å². The van der Waals surface area contributed by atoms with E-state index in [0.29, 0.717) is 18.7 Å². The SMILES string of the molecule is Cc1ccc(C(Cc2ccccc2)(NCNC(C)C)c2cccc(CC(F)(F)C(C)F)c2)nc1. The van der Waals surface area contributed by atoms with Crippen LogP contribution in [0, 0.1) is 6.92 Å². The van der Waals surface area contributed by atoms with Gasteiger partial charge < -0.3 is 5.32 Å². The van der Waals surface area contributed by atoms with Crippen molar-refractivity contribution in [2.45, 2.75) is 64.2 Å². The van der Waals surface area contributed by atoms with Crippen LogP contribution < -0.4 is 10.6 Å². The standard InChI is InChI=1S/C28H34F3N3/c1-20(2)33-19-34-27(16-23-9-6-5-7-10-23,26-14-13-21(3)18-32-26)25-12-8-11-24(15-25)17-28(30,31)22(4)29/h5-15,18,20,22,33-34H,16-17,19H2,1-4H3. The van der Waals surface area contributed by atoms with Gasteiger partial charge in [0.15, 0.2) is 6.17 Å². The maximum atomic E-state index is 14.3. The number of hydrogen-bond donors (Lipinski definition) is 2. The van der Waals surface area contributed by atoms with Crippen LogP contribution in [0.15, 0.2) is 72.9 Å². The summed E-state index contributed by atoms with van der Waals surface area (Å²) >= 11 is 0. The molecule has 2 aromatic carbocycles. The molecule has 0 bridgehead atoms. The Morgan fingerprint density at radius 1 is 0.882 bits per heavy atom. The number of aryl methyl sites for hydroxylation is 1. The zero-order chi connectivity index (χ0) is 24.8. The molecule has 34 heavy (non-hydrogen) atoms. The van der Waals surface area contributed by atoms with Crippen LogP contribution >= 0.6 is 0 Å². The highest BCUT2D eigenvalue weighted by atomic mass is 19.3. The van der Waals surface area contributed by atoms with E-state index in [2.05, 4.69) is 24.5 Å². The van der Waals surface area contributed by atoms with Gasteiger partial charge in [0.25, 0.3) is 5.92 Å². The summed E-state index contributed by atoms with van der Waals surface area (Å²) < 4.78 is 42.1. The number of alkyl halides is 3. The van der Waals surface area contributed by atoms with Crippen molar-refractivity contribution in [1.82, 2.24) is 15.6 Å². The first-order valence-electron chi connectivity index (χ1n) is 11.7. The molecule has 0 aliphatic carbocycles. The molecule has 0 saturated heterocycles. The number of rotatable bonds is 11. The Morgan fingerprint density at radius 3 is 2.21 bits per heavy atom. The van der Waals surface area contributed by atoms with Crippen LogP contribution in [0.4, 0.5) is 13.2 Å². The third-order valence-corrected chi connectivity index (χ3v) is 6.00. The monoisotopic (exact) mass is 469 g/mol. The molecule has 1 aromatic heterocycles. The number of hydrogen-bond acceptors (Lipinski definition) is 3. The van der Waals surface area contributed by atoms with E-state index in [1.165, 1.54) is 0 Å². The van der Waals surface area contributed by atoms with Gasteiger partial charge in [-0.25, -0.2) is 13.2 Å². The Hall–Kier alpha value is -2.70. The molecule has 3 nitrogen and oxygen atoms in total. The van der Waals surface area contributed by atoms with E-state index < -0.39 is 24.1 Å². The first-order valence-corrected chi connectivity index (χ1v) is 11.7. The quantitative estimate of drug-likeness (QED) is 0.341. The molecule has 3 aromatic rings. The van der Waals surface area contributed by atoms with E-state index >= 15 is 0 Å². The number of pyridine rings is 1. The molecule has 6 heteroatoms. The fourth-order valence-electron chi connectivity index (χ4n) is 3.98. The van der Waals surface area contributed by atoms with Crippen LogP contribution in [0.25, 0.3) is 0 Å². The molecule has 0 radical (unpaired) electrons. The molecule has 2 N–H and O–H groups in total. The summed E-state index contributed by atoms with van der Waals surface area (Å²) in [7, 11) is 0. The normalized spacial score (nSPS) is 14.7. The molecule has 1 heterocycles. The molecule has 0 aliphatic heterocycles. The minimum atomic E-state index is -3.44. The fraction of sp³-hybridized carbons (Fsp3) is 0.393. The third-order valence-electron chi connectivity index (χ3n) is 6.00. The molecule has 0 saturated carbocycles. The van der Waals surface area contributed by atoms with E-state index in [4.69, 9.17) is 4.98 Å². The highest BCUT2D eigenvalue weighted by Gasteiger charge is 2.39. The van der Waals surface area contributed by atoms with Crippen molar-refractivity contribution in [2.75, 3.05) is 6.67 Å². The van der Waals surface area contributed by atoms with Crippen LogP contribution in [0.3, 0.4) is 0 Å². The van der Waals surface area contributed by atoms with Gasteiger partial charge in [-0.3, -0.25) is 10.3 Å². The van der Waals surface area contributed by atoms with E-state index in [-0.39, 0.29) is 6.04 Å². The second-order valence-electron chi connectivity index (χ2n) is 9.26. The Labute approximate surface area is 200 Å². The summed E-state index contributed by atoms with van der Waals surface area (Å²) in [5, 5.41) is 7.04. The average Bonchev–Trinajstić information content (AvgIpc) is 2.79. The van der Waals surface area contributed by atoms with Gasteiger partial charge in [-0.2, -0.15) is 0 Å². The minimum absolute atomic E-state index is 0.254. The molecule has 182 valence electrons. The largest absolute Gasteiger partial charge is 0.302 e. The van der Waals surface area contributed by atoms with Gasteiger partial charge in [-0.1, -0.05) is 60.7 Å². The van der Waals surface area contributed by atoms with Crippen molar-refractivity contribution in [3.05, 3.63) is 101 Å². The van der Waals surface area contributed by atoms with Crippen LogP contribution in [0.5, 0.6) is 0 Å². The molecule has 3 rings (SSSR count). The predicted octanol–water partition coefficient (Wildman–Crippen LogP) is 5.96. The van der Waals surface area contributed by atoms with Gasteiger partial charge in [0.1, 0.15) is 0 Å². The molecule has 0 aliphatic rings. The number of aromatic nitrogens is 1. The highest BCUT2D eigenvalue weighted by molar-refractivity contribution is 5.40. The van der Waals surface area contributed by atoms with Gasteiger partial charge in [0.05, 0.1) is 11.2 Å². The fourth-order valence-corrected chi connectivity index (χ4v) is 3.98. The minimum Gasteiger partial charge on any atom is -0.302 e. The van der Waals surface area contributed by atoms with Gasteiger partial charge in [0.2, 0.25) is 0 Å². The maximum absolute atomic E-state index is 14.3. The van der Waals surface area contributed by atoms with Gasteiger partial charge in [-0.15, -0.1) is 0 Å². The third kappa shape index (κ3) is 6.45. The van der Waals surface area contributed by atoms with Crippen molar-refractivity contribution in [3.63, 3.8) is 0 Å². The lowest BCUT2D eigenvalue weighted by Gasteiger charge is -2.36. The lowest BCUT2D eigenvalue weighted by molar-refractivity contribution is -0.0637. The summed E-state index contributed by atoms with van der Waals surface area (Å²) in [6.45, 7) is 7.49. The highest BCUT2D eigenvalue weighted by Crippen LogP contribution is 2.34. The lowest BCUT2D eigenvalue weighted by atomic mass is 9.79. The zero-order valence-electron chi connectivity index (χ0n) is 20.3. The Morgan fingerprint density at radius 2 is 1.59 bits per heavy atom. The number of halogens is 3. The van der Waals surface area contributed by atoms with Crippen molar-refractivity contribution < 1.29 is 13.2 Å². The summed E-state index contributed by atoms with van der Waals surface area (Å²) in [6, 6.07) is 21.3. The average molecular weight is 470 g/mol. The zero-order valence-corrected chi connectivity index (χ0v) is 20.3. The smallest absolute Gasteiger partial charge is 0.282 e. The first kappa shape index (κ1) is 25.9. The second-order valence-corrected chi connectivity index (χ2v) is 9.26. The summed E-state index contributed by atoms with van der Waals surface area (Å²) in [6.07, 6.45) is -0.512. The van der Waals surface area contributed by atoms with Gasteiger partial charge in [0, 0.05) is 31.7 Å². The van der Waals surface area contributed by atoms with Crippen molar-refractivity contribution in [2.24, 2.45) is 0 Å². The number of nitrogens with zero attached hydrogens (tertiary/aromatic N) is 1. The Kier molecular flexibility index (Phi) is 8.50. The molecule has 0 fully saturated rings. The topological polar surface area (TPSA) is 37.0 Å². The van der Waals surface area contributed by atoms with Crippen LogP contribution in [0.1, 0.15) is 48.7 Å². The molecular formula is C28H34F3N3. The summed E-state index contributed by atoms with van der Waals surface area (Å²) in [4.78, 5) is 4.76. The van der Waals surface area contributed by atoms with E-state index in [1.807, 2.05) is 61.7 Å². The Bertz CT molecular complexity index is 1040. The molecular weight excluding hydrogens is 435 g/mol. The number of benzene rings is 2. The summed E-state index contributed by atoms with van der Waals surface area (Å²) in [5.41, 5.74) is 3.30. The van der Waals surface area contributed by atoms with Crippen LogP contribution in [0.2, 0.25) is 0 Å². The maximum Gasteiger partial charge on any atom is 0.282 e. The van der Waals surface area contributed by atoms with Gasteiger partial charge >= 0.3 is 0 Å². The summed E-state index contributed by atoms with van der Waals surface area (Å²) in [5.74, 6) is -3.44. The molecule has 2 unspecified atom stereocenters. The Balaban J connectivity index is 2.14. The molecule has 0 amide bonds. The van der Waals surface area contributed by atoms with Crippen LogP contribution in [-0.4, -0.2) is 29.8 Å². The van der Waals surface area contributed by atoms with Crippen molar-refractivity contribution in [3.8, 4) is 0 Å². The molecule has 0 spiro atoms. The number of nitrogens with one attached hydrogen (secondary N) is 2.